The van der Waals surface area contributed by atoms with Gasteiger partial charge in [0, 0.05) is 39.1 Å². The number of para-hydroxylation sites is 1. The van der Waals surface area contributed by atoms with Gasteiger partial charge in [-0.2, -0.15) is 0 Å². The summed E-state index contributed by atoms with van der Waals surface area (Å²) in [6, 6.07) is 18.3. The van der Waals surface area contributed by atoms with E-state index >= 15 is 0 Å². The van der Waals surface area contributed by atoms with Gasteiger partial charge < -0.3 is 16.5 Å². The summed E-state index contributed by atoms with van der Waals surface area (Å²) < 4.78 is 0. The molecule has 4 aromatic rings. The Hall–Kier alpha value is -3.15. The number of nitrogens with two attached hydrogens (primary N) is 1. The highest BCUT2D eigenvalue weighted by Gasteiger charge is 2.13. The van der Waals surface area contributed by atoms with Gasteiger partial charge in [0.1, 0.15) is 5.82 Å². The van der Waals surface area contributed by atoms with Crippen LogP contribution in [0.15, 0.2) is 60.7 Å². The van der Waals surface area contributed by atoms with Crippen molar-refractivity contribution in [3.63, 3.8) is 0 Å². The van der Waals surface area contributed by atoms with Gasteiger partial charge in [-0.3, -0.25) is 0 Å². The summed E-state index contributed by atoms with van der Waals surface area (Å²) in [4.78, 5) is 9.35. The number of fused-ring (bicyclic) bond motifs is 1. The average molecular weight is 408 g/mol. The van der Waals surface area contributed by atoms with E-state index in [4.69, 9.17) is 39.3 Å². The Bertz CT molecular complexity index is 1210. The van der Waals surface area contributed by atoms with Gasteiger partial charge in [0.2, 0.25) is 0 Å². The molecule has 0 aliphatic heterocycles. The standard InChI is InChI=1S/C21H15Cl2N5/c22-13-5-7-15(17(23)10-13)20-27-19-4-2-1-3-16(19)21(28-20)26-14-6-8-18(25)12(9-14)11-24/h1-11,24H,25H2,(H,26,27,28). The smallest absolute Gasteiger partial charge is 0.163 e. The lowest BCUT2D eigenvalue weighted by atomic mass is 10.1. The van der Waals surface area contributed by atoms with Crippen molar-refractivity contribution in [2.45, 2.75) is 0 Å². The van der Waals surface area contributed by atoms with Gasteiger partial charge in [0.25, 0.3) is 0 Å². The minimum atomic E-state index is 0.479. The molecule has 5 nitrogen and oxygen atoms in total. The fourth-order valence-electron chi connectivity index (χ4n) is 2.88. The zero-order valence-corrected chi connectivity index (χ0v) is 16.1. The number of benzene rings is 3. The molecule has 0 amide bonds. The largest absolute Gasteiger partial charge is 0.398 e. The van der Waals surface area contributed by atoms with Crippen LogP contribution in [-0.4, -0.2) is 16.2 Å². The van der Waals surface area contributed by atoms with Crippen LogP contribution in [0.5, 0.6) is 0 Å². The molecule has 28 heavy (non-hydrogen) atoms. The van der Waals surface area contributed by atoms with Gasteiger partial charge in [-0.1, -0.05) is 35.3 Å². The van der Waals surface area contributed by atoms with E-state index in [-0.39, 0.29) is 0 Å². The maximum atomic E-state index is 7.50. The molecule has 3 aromatic carbocycles. The van der Waals surface area contributed by atoms with Crippen LogP contribution in [0.2, 0.25) is 10.0 Å². The van der Waals surface area contributed by atoms with Crippen molar-refractivity contribution in [2.24, 2.45) is 0 Å². The fourth-order valence-corrected chi connectivity index (χ4v) is 3.37. The normalized spacial score (nSPS) is 10.8. The average Bonchev–Trinajstić information content (AvgIpc) is 2.69. The van der Waals surface area contributed by atoms with Crippen molar-refractivity contribution in [3.05, 3.63) is 76.3 Å². The van der Waals surface area contributed by atoms with Gasteiger partial charge in [0.05, 0.1) is 10.5 Å². The summed E-state index contributed by atoms with van der Waals surface area (Å²) in [6.45, 7) is 0. The van der Waals surface area contributed by atoms with Crippen LogP contribution in [0.4, 0.5) is 17.2 Å². The Kier molecular flexibility index (Phi) is 4.86. The molecular formula is C21H15Cl2N5. The number of anilines is 3. The summed E-state index contributed by atoms with van der Waals surface area (Å²) >= 11 is 12.4. The Morgan fingerprint density at radius 3 is 2.57 bits per heavy atom. The summed E-state index contributed by atoms with van der Waals surface area (Å²) in [6.07, 6.45) is 1.22. The van der Waals surface area contributed by atoms with E-state index in [1.165, 1.54) is 6.21 Å². The molecule has 7 heteroatoms. The summed E-state index contributed by atoms with van der Waals surface area (Å²) in [7, 11) is 0. The lowest BCUT2D eigenvalue weighted by Gasteiger charge is -2.13. The minimum absolute atomic E-state index is 0.479. The highest BCUT2D eigenvalue weighted by molar-refractivity contribution is 6.36. The van der Waals surface area contributed by atoms with E-state index in [0.29, 0.717) is 38.5 Å². The molecule has 0 spiro atoms. The number of halogens is 2. The number of nitrogens with one attached hydrogen (secondary N) is 2. The molecule has 0 saturated carbocycles. The maximum absolute atomic E-state index is 7.50. The predicted molar refractivity (Wildman–Crippen MR) is 117 cm³/mol. The molecule has 1 aromatic heterocycles. The van der Waals surface area contributed by atoms with Crippen LogP contribution in [-0.2, 0) is 0 Å². The molecule has 4 N–H and O–H groups in total. The zero-order valence-electron chi connectivity index (χ0n) is 14.6. The molecule has 0 atom stereocenters. The summed E-state index contributed by atoms with van der Waals surface area (Å²) in [5.74, 6) is 1.12. The molecule has 0 aliphatic rings. The van der Waals surface area contributed by atoms with Gasteiger partial charge in [-0.25, -0.2) is 9.97 Å². The lowest BCUT2D eigenvalue weighted by molar-refractivity contribution is 1.22. The van der Waals surface area contributed by atoms with Crippen LogP contribution in [0.1, 0.15) is 5.56 Å². The molecule has 1 heterocycles. The van der Waals surface area contributed by atoms with Crippen molar-refractivity contribution in [3.8, 4) is 11.4 Å². The van der Waals surface area contributed by atoms with Crippen LogP contribution in [0.3, 0.4) is 0 Å². The molecule has 0 aliphatic carbocycles. The first kappa shape index (κ1) is 18.2. The summed E-state index contributed by atoms with van der Waals surface area (Å²) in [5.41, 5.74) is 9.30. The number of aromatic nitrogens is 2. The van der Waals surface area contributed by atoms with Gasteiger partial charge in [0.15, 0.2) is 5.82 Å². The highest BCUT2D eigenvalue weighted by atomic mass is 35.5. The molecular weight excluding hydrogens is 393 g/mol. The molecule has 0 unspecified atom stereocenters. The van der Waals surface area contributed by atoms with E-state index in [0.717, 1.165) is 16.6 Å². The van der Waals surface area contributed by atoms with E-state index in [9.17, 15) is 0 Å². The highest BCUT2D eigenvalue weighted by Crippen LogP contribution is 2.32. The van der Waals surface area contributed by atoms with E-state index in [1.807, 2.05) is 30.3 Å². The first-order valence-electron chi connectivity index (χ1n) is 8.44. The summed E-state index contributed by atoms with van der Waals surface area (Å²) in [5, 5.41) is 12.7. The lowest BCUT2D eigenvalue weighted by Crippen LogP contribution is -2.01. The van der Waals surface area contributed by atoms with Crippen LogP contribution in [0.25, 0.3) is 22.3 Å². The maximum Gasteiger partial charge on any atom is 0.163 e. The third-order valence-electron chi connectivity index (χ3n) is 4.28. The second-order valence-electron chi connectivity index (χ2n) is 6.15. The van der Waals surface area contributed by atoms with Crippen molar-refractivity contribution in [1.82, 2.24) is 9.97 Å². The Morgan fingerprint density at radius 2 is 1.79 bits per heavy atom. The first-order valence-corrected chi connectivity index (χ1v) is 9.20. The molecule has 0 saturated heterocycles. The fraction of sp³-hybridized carbons (Fsp3) is 0. The van der Waals surface area contributed by atoms with E-state index < -0.39 is 0 Å². The molecule has 0 bridgehead atoms. The van der Waals surface area contributed by atoms with Crippen molar-refractivity contribution in [2.75, 3.05) is 11.1 Å². The zero-order chi connectivity index (χ0) is 19.7. The Balaban J connectivity index is 1.86. The van der Waals surface area contributed by atoms with E-state index in [1.54, 1.807) is 30.3 Å². The first-order chi connectivity index (χ1) is 13.5. The van der Waals surface area contributed by atoms with Crippen molar-refractivity contribution >= 4 is 57.5 Å². The Labute approximate surface area is 171 Å². The molecule has 0 fully saturated rings. The number of nitrogen functional groups attached to an aromatic ring is 1. The van der Waals surface area contributed by atoms with Crippen molar-refractivity contribution < 1.29 is 0 Å². The molecule has 0 radical (unpaired) electrons. The molecule has 4 rings (SSSR count). The second kappa shape index (κ2) is 7.46. The SMILES string of the molecule is N=Cc1cc(Nc2nc(-c3ccc(Cl)cc3Cl)nc3ccccc23)ccc1N. The molecule has 138 valence electrons. The quantitative estimate of drug-likeness (QED) is 0.289. The van der Waals surface area contributed by atoms with Crippen LogP contribution >= 0.6 is 23.2 Å². The van der Waals surface area contributed by atoms with Crippen LogP contribution < -0.4 is 11.1 Å². The van der Waals surface area contributed by atoms with Gasteiger partial charge in [-0.15, -0.1) is 0 Å². The number of hydrogen-bond acceptors (Lipinski definition) is 5. The van der Waals surface area contributed by atoms with E-state index in [2.05, 4.69) is 10.3 Å². The number of rotatable bonds is 4. The third kappa shape index (κ3) is 3.50. The van der Waals surface area contributed by atoms with Gasteiger partial charge in [-0.05, 0) is 48.5 Å². The number of nitrogens with zero attached hydrogens (tertiary/aromatic N) is 2. The van der Waals surface area contributed by atoms with Crippen LogP contribution in [0, 0.1) is 5.41 Å². The predicted octanol–water partition coefficient (Wildman–Crippen LogP) is 5.93. The van der Waals surface area contributed by atoms with Gasteiger partial charge >= 0.3 is 0 Å². The Morgan fingerprint density at radius 1 is 0.964 bits per heavy atom. The van der Waals surface area contributed by atoms with Crippen molar-refractivity contribution in [1.29, 1.82) is 5.41 Å². The third-order valence-corrected chi connectivity index (χ3v) is 4.83. The second-order valence-corrected chi connectivity index (χ2v) is 6.99. The number of hydrogen-bond donors (Lipinski definition) is 3. The monoisotopic (exact) mass is 407 g/mol. The minimum Gasteiger partial charge on any atom is -0.398 e. The topological polar surface area (TPSA) is 87.7 Å².